The molecule has 5 aromatic heterocycles. The summed E-state index contributed by atoms with van der Waals surface area (Å²) in [7, 11) is 0. The molecule has 6 aromatic carbocycles. The van der Waals surface area contributed by atoms with Crippen LogP contribution in [-0.2, 0) is 0 Å². The number of hydrogen-bond donors (Lipinski definition) is 0. The molecule has 5 heterocycles. The maximum absolute atomic E-state index is 6.34. The van der Waals surface area contributed by atoms with Gasteiger partial charge in [0.2, 0.25) is 0 Å². The summed E-state index contributed by atoms with van der Waals surface area (Å²) in [5.74, 6) is 0. The Kier molecular flexibility index (Phi) is 5.89. The number of rotatable bonds is 4. The second-order valence-corrected chi connectivity index (χ2v) is 13.0. The van der Waals surface area contributed by atoms with Gasteiger partial charge >= 0.3 is 0 Å². The third-order valence-corrected chi connectivity index (χ3v) is 10.2. The van der Waals surface area contributed by atoms with Crippen LogP contribution in [0.2, 0.25) is 0 Å². The number of pyridine rings is 2. The minimum atomic E-state index is 0.811. The lowest BCUT2D eigenvalue weighted by Gasteiger charge is -2.12. The van der Waals surface area contributed by atoms with E-state index in [9.17, 15) is 0 Å². The molecule has 0 unspecified atom stereocenters. The highest BCUT2D eigenvalue weighted by molar-refractivity contribution is 6.12. The van der Waals surface area contributed by atoms with E-state index in [2.05, 4.69) is 137 Å². The van der Waals surface area contributed by atoms with Gasteiger partial charge in [0.15, 0.2) is 5.58 Å². The lowest BCUT2D eigenvalue weighted by molar-refractivity contribution is 0.668. The van der Waals surface area contributed by atoms with Crippen LogP contribution in [0.25, 0.3) is 99.4 Å². The Labute approximate surface area is 292 Å². The molecule has 0 aliphatic heterocycles. The van der Waals surface area contributed by atoms with Crippen molar-refractivity contribution in [3.63, 3.8) is 0 Å². The molecule has 5 heteroatoms. The fraction of sp³-hybridized carbons (Fsp3) is 0. The molecule has 0 radical (unpaired) electrons. The summed E-state index contributed by atoms with van der Waals surface area (Å²) in [4.78, 5) is 9.62. The number of furan rings is 1. The lowest BCUT2D eigenvalue weighted by atomic mass is 10.00. The van der Waals surface area contributed by atoms with Crippen LogP contribution in [0.3, 0.4) is 0 Å². The Hall–Kier alpha value is -6.98. The van der Waals surface area contributed by atoms with Crippen LogP contribution in [-0.4, -0.2) is 19.1 Å². The first-order valence-electron chi connectivity index (χ1n) is 17.2. The highest BCUT2D eigenvalue weighted by Crippen LogP contribution is 2.38. The van der Waals surface area contributed by atoms with Gasteiger partial charge in [-0.1, -0.05) is 84.9 Å². The first kappa shape index (κ1) is 27.9. The topological polar surface area (TPSA) is 48.8 Å². The van der Waals surface area contributed by atoms with Gasteiger partial charge in [-0.2, -0.15) is 0 Å². The maximum Gasteiger partial charge on any atom is 0.161 e. The van der Waals surface area contributed by atoms with E-state index >= 15 is 0 Å². The predicted octanol–water partition coefficient (Wildman–Crippen LogP) is 11.9. The van der Waals surface area contributed by atoms with E-state index in [0.717, 1.165) is 83.3 Å². The monoisotopic (exact) mass is 652 g/mol. The average molecular weight is 653 g/mol. The van der Waals surface area contributed by atoms with Gasteiger partial charge in [0, 0.05) is 61.6 Å². The Morgan fingerprint density at radius 3 is 1.94 bits per heavy atom. The third-order valence-electron chi connectivity index (χ3n) is 10.2. The summed E-state index contributed by atoms with van der Waals surface area (Å²) >= 11 is 0. The van der Waals surface area contributed by atoms with Gasteiger partial charge in [-0.15, -0.1) is 0 Å². The number of fused-ring (bicyclic) bond motifs is 9. The van der Waals surface area contributed by atoms with Crippen LogP contribution in [0, 0.1) is 0 Å². The van der Waals surface area contributed by atoms with E-state index in [0.29, 0.717) is 0 Å². The molecule has 0 aliphatic rings. The smallest absolute Gasteiger partial charge is 0.161 e. The Morgan fingerprint density at radius 2 is 1.06 bits per heavy atom. The molecule has 11 rings (SSSR count). The summed E-state index contributed by atoms with van der Waals surface area (Å²) < 4.78 is 11.0. The standard InChI is InChI=1S/C46H28N4O/c1-5-19-41-34(14-1)38-17-9-24-48-46(38)50(41)33-21-22-42-39(28-33)35-15-2-4-18-40(35)49(42)32-13-8-11-30(27-32)29-10-7-12-31(26-29)44-45-37(23-25-47-44)36-16-3-6-20-43(36)51-45/h1-28H. The fourth-order valence-electron chi connectivity index (χ4n) is 7.96. The molecule has 0 spiro atoms. The summed E-state index contributed by atoms with van der Waals surface area (Å²) in [6, 6.07) is 55.8. The minimum absolute atomic E-state index is 0.811. The number of aromatic nitrogens is 4. The molecule has 0 saturated carbocycles. The Bertz CT molecular complexity index is 3110. The van der Waals surface area contributed by atoms with Crippen molar-refractivity contribution in [2.75, 3.05) is 0 Å². The van der Waals surface area contributed by atoms with E-state index < -0.39 is 0 Å². The first-order valence-corrected chi connectivity index (χ1v) is 17.2. The van der Waals surface area contributed by atoms with Crippen molar-refractivity contribution in [1.82, 2.24) is 19.1 Å². The van der Waals surface area contributed by atoms with Crippen LogP contribution in [0.15, 0.2) is 175 Å². The Balaban J connectivity index is 1.06. The normalized spacial score (nSPS) is 11.9. The summed E-state index contributed by atoms with van der Waals surface area (Å²) in [5.41, 5.74) is 12.4. The molecule has 0 N–H and O–H groups in total. The van der Waals surface area contributed by atoms with E-state index in [1.54, 1.807) is 0 Å². The zero-order valence-corrected chi connectivity index (χ0v) is 27.4. The molecule has 0 bridgehead atoms. The molecule has 0 atom stereocenters. The van der Waals surface area contributed by atoms with Crippen molar-refractivity contribution >= 4 is 65.7 Å². The quantitative estimate of drug-likeness (QED) is 0.190. The number of hydrogen-bond acceptors (Lipinski definition) is 3. The number of nitrogens with zero attached hydrogens (tertiary/aromatic N) is 4. The molecular weight excluding hydrogens is 625 g/mol. The van der Waals surface area contributed by atoms with Gasteiger partial charge in [0.25, 0.3) is 0 Å². The van der Waals surface area contributed by atoms with Crippen molar-refractivity contribution in [3.8, 4) is 33.8 Å². The molecule has 0 amide bonds. The van der Waals surface area contributed by atoms with Crippen molar-refractivity contribution in [2.45, 2.75) is 0 Å². The van der Waals surface area contributed by atoms with E-state index in [1.165, 1.54) is 16.2 Å². The summed E-state index contributed by atoms with van der Waals surface area (Å²) in [5, 5.41) is 6.94. The van der Waals surface area contributed by atoms with E-state index in [1.807, 2.05) is 42.7 Å². The average Bonchev–Trinajstić information content (AvgIpc) is 3.86. The van der Waals surface area contributed by atoms with Gasteiger partial charge in [-0.25, -0.2) is 4.98 Å². The zero-order valence-electron chi connectivity index (χ0n) is 27.4. The second kappa shape index (κ2) is 10.8. The maximum atomic E-state index is 6.34. The zero-order chi connectivity index (χ0) is 33.5. The van der Waals surface area contributed by atoms with Crippen molar-refractivity contribution in [2.24, 2.45) is 0 Å². The van der Waals surface area contributed by atoms with Crippen LogP contribution in [0.5, 0.6) is 0 Å². The van der Waals surface area contributed by atoms with Gasteiger partial charge in [0.05, 0.1) is 16.6 Å². The van der Waals surface area contributed by atoms with Gasteiger partial charge in [0.1, 0.15) is 16.9 Å². The number of para-hydroxylation sites is 3. The summed E-state index contributed by atoms with van der Waals surface area (Å²) in [6.45, 7) is 0. The molecule has 0 fully saturated rings. The third kappa shape index (κ3) is 4.15. The largest absolute Gasteiger partial charge is 0.454 e. The van der Waals surface area contributed by atoms with Crippen LogP contribution >= 0.6 is 0 Å². The van der Waals surface area contributed by atoms with E-state index in [4.69, 9.17) is 14.4 Å². The van der Waals surface area contributed by atoms with Gasteiger partial charge in [-0.05, 0) is 83.9 Å². The SMILES string of the molecule is c1cc(-c2cccc(-n3c4ccccc4c4cc(-n5c6ccccc6c6cccnc65)ccc43)c2)cc(-c2nccc3c2oc2ccccc23)c1. The first-order chi connectivity index (χ1) is 25.3. The van der Waals surface area contributed by atoms with Gasteiger partial charge in [-0.3, -0.25) is 9.55 Å². The Morgan fingerprint density at radius 1 is 0.392 bits per heavy atom. The van der Waals surface area contributed by atoms with Gasteiger partial charge < -0.3 is 8.98 Å². The molecule has 238 valence electrons. The molecular formula is C46H28N4O. The minimum Gasteiger partial charge on any atom is -0.454 e. The van der Waals surface area contributed by atoms with Crippen LogP contribution in [0.1, 0.15) is 0 Å². The highest BCUT2D eigenvalue weighted by Gasteiger charge is 2.18. The van der Waals surface area contributed by atoms with Crippen molar-refractivity contribution in [3.05, 3.63) is 170 Å². The van der Waals surface area contributed by atoms with Crippen LogP contribution in [0.4, 0.5) is 0 Å². The molecule has 11 aromatic rings. The van der Waals surface area contributed by atoms with Crippen molar-refractivity contribution in [1.29, 1.82) is 0 Å². The summed E-state index contributed by atoms with van der Waals surface area (Å²) in [6.07, 6.45) is 3.75. The van der Waals surface area contributed by atoms with E-state index in [-0.39, 0.29) is 0 Å². The molecule has 51 heavy (non-hydrogen) atoms. The number of benzene rings is 6. The molecule has 0 saturated heterocycles. The lowest BCUT2D eigenvalue weighted by Crippen LogP contribution is -1.97. The molecule has 5 nitrogen and oxygen atoms in total. The highest BCUT2D eigenvalue weighted by atomic mass is 16.3. The second-order valence-electron chi connectivity index (χ2n) is 13.0. The molecule has 0 aliphatic carbocycles. The fourth-order valence-corrected chi connectivity index (χ4v) is 7.96. The van der Waals surface area contributed by atoms with Crippen molar-refractivity contribution < 1.29 is 4.42 Å². The van der Waals surface area contributed by atoms with Crippen LogP contribution < -0.4 is 0 Å². The predicted molar refractivity (Wildman–Crippen MR) is 209 cm³/mol.